The van der Waals surface area contributed by atoms with Crippen molar-refractivity contribution in [2.45, 2.75) is 22.6 Å². The molecule has 0 N–H and O–H groups in total. The number of rotatable bonds is 5. The maximum Gasteiger partial charge on any atom is 0.274 e. The van der Waals surface area contributed by atoms with Crippen LogP contribution in [0.2, 0.25) is 5.02 Å². The van der Waals surface area contributed by atoms with Crippen LogP contribution in [0, 0.1) is 33.8 Å². The molecule has 0 aromatic heterocycles. The zero-order valence-electron chi connectivity index (χ0n) is 17.5. The van der Waals surface area contributed by atoms with Crippen molar-refractivity contribution in [3.8, 4) is 0 Å². The van der Waals surface area contributed by atoms with Crippen molar-refractivity contribution >= 4 is 66.9 Å². The highest BCUT2D eigenvalue weighted by molar-refractivity contribution is 9.12. The number of imide groups is 1. The molecule has 0 radical (unpaired) electrons. The van der Waals surface area contributed by atoms with Gasteiger partial charge < -0.3 is 0 Å². The lowest BCUT2D eigenvalue weighted by Gasteiger charge is -2.31. The van der Waals surface area contributed by atoms with Crippen LogP contribution in [0.5, 0.6) is 0 Å². The third-order valence-electron chi connectivity index (χ3n) is 7.04. The fourth-order valence-corrected chi connectivity index (χ4v) is 7.53. The second-order valence-electron chi connectivity index (χ2n) is 8.75. The first-order chi connectivity index (χ1) is 16.2. The van der Waals surface area contributed by atoms with E-state index >= 15 is 0 Å². The summed E-state index contributed by atoms with van der Waals surface area (Å²) in [5, 5.41) is 14.0. The maximum atomic E-state index is 13.6. The van der Waals surface area contributed by atoms with Gasteiger partial charge in [-0.3, -0.25) is 24.5 Å². The number of carbonyl (C=O) groups is 3. The van der Waals surface area contributed by atoms with E-state index in [-0.39, 0.29) is 44.8 Å². The van der Waals surface area contributed by atoms with Crippen LogP contribution < -0.4 is 0 Å². The number of nitro benzene ring substituents is 1. The van der Waals surface area contributed by atoms with E-state index in [9.17, 15) is 24.5 Å². The van der Waals surface area contributed by atoms with Gasteiger partial charge >= 0.3 is 0 Å². The number of halogens is 3. The van der Waals surface area contributed by atoms with Gasteiger partial charge in [-0.15, -0.1) is 0 Å². The van der Waals surface area contributed by atoms with Crippen molar-refractivity contribution in [3.63, 3.8) is 0 Å². The van der Waals surface area contributed by atoms with Gasteiger partial charge in [0.25, 0.3) is 23.4 Å². The van der Waals surface area contributed by atoms with Crippen LogP contribution in [0.25, 0.3) is 0 Å². The molecule has 8 nitrogen and oxygen atoms in total. The van der Waals surface area contributed by atoms with E-state index in [1.807, 2.05) is 0 Å². The molecular weight excluding hydrogens is 594 g/mol. The summed E-state index contributed by atoms with van der Waals surface area (Å²) >= 11 is 13.3. The average Bonchev–Trinajstić information content (AvgIpc) is 3.43. The van der Waals surface area contributed by atoms with Crippen LogP contribution in [-0.4, -0.2) is 42.3 Å². The van der Waals surface area contributed by atoms with E-state index in [2.05, 4.69) is 31.9 Å². The lowest BCUT2D eigenvalue weighted by molar-refractivity contribution is -0.385. The zero-order valence-corrected chi connectivity index (χ0v) is 21.4. The van der Waals surface area contributed by atoms with Crippen LogP contribution in [0.3, 0.4) is 0 Å². The second kappa shape index (κ2) is 8.73. The molecule has 3 amide bonds. The molecule has 2 bridgehead atoms. The van der Waals surface area contributed by atoms with Gasteiger partial charge in [-0.05, 0) is 42.5 Å². The lowest BCUT2D eigenvalue weighted by atomic mass is 9.81. The Balaban J connectivity index is 1.56. The lowest BCUT2D eigenvalue weighted by Crippen LogP contribution is -2.50. The Morgan fingerprint density at radius 1 is 1.03 bits per heavy atom. The molecule has 2 saturated carbocycles. The van der Waals surface area contributed by atoms with Crippen LogP contribution in [0.1, 0.15) is 22.3 Å². The van der Waals surface area contributed by atoms with Crippen LogP contribution in [-0.2, 0) is 16.1 Å². The number of para-hydroxylation sites is 1. The van der Waals surface area contributed by atoms with Gasteiger partial charge in [-0.25, -0.2) is 5.01 Å². The number of hydrogen-bond acceptors (Lipinski definition) is 5. The van der Waals surface area contributed by atoms with Crippen molar-refractivity contribution in [1.29, 1.82) is 0 Å². The van der Waals surface area contributed by atoms with Gasteiger partial charge in [0.2, 0.25) is 0 Å². The van der Waals surface area contributed by atoms with Crippen molar-refractivity contribution in [2.75, 3.05) is 0 Å². The van der Waals surface area contributed by atoms with Crippen LogP contribution in [0.4, 0.5) is 5.69 Å². The molecule has 11 heteroatoms. The molecule has 2 aromatic rings. The van der Waals surface area contributed by atoms with Gasteiger partial charge in [0.1, 0.15) is 0 Å². The van der Waals surface area contributed by atoms with Gasteiger partial charge in [0.15, 0.2) is 0 Å². The fourth-order valence-electron chi connectivity index (χ4n) is 5.53. The standard InChI is InChI=1S/C23H18Br2ClN3O5/c24-19-14-9-15(20(19)25)18-17(14)22(31)28(23(18)32)27(21(30)11-5-7-13(26)8-6-11)10-12-3-1-2-4-16(12)29(33)34/h1-8,14-15,17-20H,9-10H2/t14-,15-,17-,18-,19+,20+/m1/s1. The molecule has 5 rings (SSSR count). The molecule has 1 heterocycles. The topological polar surface area (TPSA) is 101 Å². The number of hydrogen-bond donors (Lipinski definition) is 0. The minimum atomic E-state index is -0.616. The van der Waals surface area contributed by atoms with E-state index < -0.39 is 34.5 Å². The molecule has 3 aliphatic rings. The Morgan fingerprint density at radius 2 is 1.59 bits per heavy atom. The Kier molecular flexibility index (Phi) is 6.02. The molecule has 2 aromatic carbocycles. The molecule has 1 saturated heterocycles. The van der Waals surface area contributed by atoms with E-state index in [0.717, 1.165) is 16.4 Å². The van der Waals surface area contributed by atoms with Crippen molar-refractivity contribution < 1.29 is 19.3 Å². The first kappa shape index (κ1) is 23.4. The minimum Gasteiger partial charge on any atom is -0.272 e. The second-order valence-corrected chi connectivity index (χ2v) is 11.3. The molecule has 176 valence electrons. The third kappa shape index (κ3) is 3.58. The molecule has 6 atom stereocenters. The summed E-state index contributed by atoms with van der Waals surface area (Å²) < 4.78 is 0. The van der Waals surface area contributed by atoms with Gasteiger partial charge in [0.05, 0.1) is 28.9 Å². The highest BCUT2D eigenvalue weighted by Gasteiger charge is 2.67. The summed E-state index contributed by atoms with van der Waals surface area (Å²) in [6, 6.07) is 12.0. The summed E-state index contributed by atoms with van der Waals surface area (Å²) in [5.41, 5.74) is 0.226. The molecule has 34 heavy (non-hydrogen) atoms. The zero-order chi connectivity index (χ0) is 24.3. The first-order valence-corrected chi connectivity index (χ1v) is 12.9. The van der Waals surface area contributed by atoms with E-state index in [1.165, 1.54) is 42.5 Å². The molecule has 3 fully saturated rings. The van der Waals surface area contributed by atoms with E-state index in [1.54, 1.807) is 6.07 Å². The van der Waals surface area contributed by atoms with E-state index in [4.69, 9.17) is 11.6 Å². The summed E-state index contributed by atoms with van der Waals surface area (Å²) in [4.78, 5) is 51.9. The third-order valence-corrected chi connectivity index (χ3v) is 10.5. The number of amides is 3. The number of carbonyl (C=O) groups excluding carboxylic acids is 3. The summed E-state index contributed by atoms with van der Waals surface area (Å²) in [5.74, 6) is -2.60. The van der Waals surface area contributed by atoms with Crippen molar-refractivity contribution in [1.82, 2.24) is 10.0 Å². The Bertz CT molecular complexity index is 1180. The summed E-state index contributed by atoms with van der Waals surface area (Å²) in [6.07, 6.45) is 0.752. The smallest absolute Gasteiger partial charge is 0.272 e. The Labute approximate surface area is 216 Å². The highest BCUT2D eigenvalue weighted by atomic mass is 79.9. The van der Waals surface area contributed by atoms with E-state index in [0.29, 0.717) is 5.02 Å². The van der Waals surface area contributed by atoms with Crippen molar-refractivity contribution in [2.24, 2.45) is 23.7 Å². The van der Waals surface area contributed by atoms with Crippen LogP contribution >= 0.6 is 43.5 Å². The number of fused-ring (bicyclic) bond motifs is 5. The average molecular weight is 612 g/mol. The SMILES string of the molecule is O=C(c1ccc(Cl)cc1)N(Cc1ccccc1[N+](=O)[O-])N1C(=O)[C@@H]2[C@H]3C[C@@H]([C@H](Br)[C@H]3Br)[C@H]2C1=O. The molecule has 1 aliphatic heterocycles. The quantitative estimate of drug-likeness (QED) is 0.213. The fraction of sp³-hybridized carbons (Fsp3) is 0.348. The normalized spacial score (nSPS) is 29.4. The largest absolute Gasteiger partial charge is 0.274 e. The highest BCUT2D eigenvalue weighted by Crippen LogP contribution is 2.60. The Morgan fingerprint density at radius 3 is 2.15 bits per heavy atom. The van der Waals surface area contributed by atoms with Gasteiger partial charge in [-0.1, -0.05) is 61.7 Å². The number of nitrogens with zero attached hydrogens (tertiary/aromatic N) is 3. The number of nitro groups is 1. The minimum absolute atomic E-state index is 0.0284. The summed E-state index contributed by atoms with van der Waals surface area (Å²) in [6.45, 7) is -0.305. The number of benzene rings is 2. The van der Waals surface area contributed by atoms with Gasteiger partial charge in [-0.2, -0.15) is 5.01 Å². The van der Waals surface area contributed by atoms with Crippen molar-refractivity contribution in [3.05, 3.63) is 74.8 Å². The molecular formula is C23H18Br2ClN3O5. The maximum absolute atomic E-state index is 13.6. The first-order valence-electron chi connectivity index (χ1n) is 10.7. The molecule has 0 unspecified atom stereocenters. The number of hydrazine groups is 1. The monoisotopic (exact) mass is 609 g/mol. The summed E-state index contributed by atoms with van der Waals surface area (Å²) in [7, 11) is 0. The van der Waals surface area contributed by atoms with Gasteiger partial charge in [0, 0.05) is 26.3 Å². The predicted octanol–water partition coefficient (Wildman–Crippen LogP) is 4.58. The number of alkyl halides is 2. The predicted molar refractivity (Wildman–Crippen MR) is 130 cm³/mol. The molecule has 2 aliphatic carbocycles. The van der Waals surface area contributed by atoms with Crippen LogP contribution in [0.15, 0.2) is 48.5 Å². The molecule has 0 spiro atoms. The Hall–Kier alpha value is -2.30.